The van der Waals surface area contributed by atoms with Gasteiger partial charge < -0.3 is 5.73 Å². The van der Waals surface area contributed by atoms with E-state index in [1.165, 1.54) is 11.3 Å². The van der Waals surface area contributed by atoms with Crippen LogP contribution in [0.2, 0.25) is 5.02 Å². The van der Waals surface area contributed by atoms with E-state index in [9.17, 15) is 10.1 Å². The Morgan fingerprint density at radius 2 is 2.07 bits per heavy atom. The van der Waals surface area contributed by atoms with E-state index in [4.69, 9.17) is 17.3 Å². The minimum absolute atomic E-state index is 0.0676. The lowest BCUT2D eigenvalue weighted by Gasteiger charge is -2.43. The molecule has 2 aliphatic rings. The van der Waals surface area contributed by atoms with Gasteiger partial charge in [0.2, 0.25) is 0 Å². The number of rotatable bonds is 2. The summed E-state index contributed by atoms with van der Waals surface area (Å²) in [5.74, 6) is -0.0167. The van der Waals surface area contributed by atoms with Crippen molar-refractivity contribution in [1.82, 2.24) is 0 Å². The highest BCUT2D eigenvalue weighted by molar-refractivity contribution is 9.11. The monoisotopic (exact) mass is 487 g/mol. The fourth-order valence-electron chi connectivity index (χ4n) is 4.19. The number of hydrogen-bond donors (Lipinski definition) is 1. The highest BCUT2D eigenvalue weighted by atomic mass is 79.9. The second kappa shape index (κ2) is 7.32. The number of benzene rings is 1. The molecule has 1 aromatic heterocycles. The van der Waals surface area contributed by atoms with Crippen LogP contribution < -0.4 is 10.6 Å². The van der Waals surface area contributed by atoms with E-state index in [0.29, 0.717) is 34.8 Å². The first-order valence-electron chi connectivity index (χ1n) is 9.19. The predicted molar refractivity (Wildman–Crippen MR) is 121 cm³/mol. The molecule has 4 rings (SSSR count). The van der Waals surface area contributed by atoms with Crippen LogP contribution in [-0.4, -0.2) is 5.78 Å². The first-order chi connectivity index (χ1) is 13.7. The molecule has 29 heavy (non-hydrogen) atoms. The van der Waals surface area contributed by atoms with Crippen molar-refractivity contribution >= 4 is 50.3 Å². The van der Waals surface area contributed by atoms with E-state index in [-0.39, 0.29) is 11.2 Å². The van der Waals surface area contributed by atoms with E-state index in [0.717, 1.165) is 20.0 Å². The third kappa shape index (κ3) is 3.52. The maximum Gasteiger partial charge on any atom is 0.162 e. The van der Waals surface area contributed by atoms with Crippen molar-refractivity contribution in [1.29, 1.82) is 5.26 Å². The average Bonchev–Trinajstić information content (AvgIpc) is 3.05. The molecule has 1 aliphatic heterocycles. The van der Waals surface area contributed by atoms with Gasteiger partial charge in [-0.05, 0) is 58.1 Å². The Morgan fingerprint density at radius 1 is 1.31 bits per heavy atom. The smallest absolute Gasteiger partial charge is 0.162 e. The van der Waals surface area contributed by atoms with E-state index >= 15 is 0 Å². The summed E-state index contributed by atoms with van der Waals surface area (Å²) in [6.07, 6.45) is 1.12. The van der Waals surface area contributed by atoms with Gasteiger partial charge in [0.05, 0.1) is 21.3 Å². The van der Waals surface area contributed by atoms with Gasteiger partial charge in [0.15, 0.2) is 5.78 Å². The fraction of sp³-hybridized carbons (Fsp3) is 0.273. The molecular formula is C22H19BrClN3OS. The van der Waals surface area contributed by atoms with Crippen molar-refractivity contribution in [3.63, 3.8) is 0 Å². The Morgan fingerprint density at radius 3 is 2.69 bits per heavy atom. The number of allylic oxidation sites excluding steroid dienone is 3. The topological polar surface area (TPSA) is 70.1 Å². The van der Waals surface area contributed by atoms with Crippen molar-refractivity contribution in [3.8, 4) is 6.07 Å². The van der Waals surface area contributed by atoms with Gasteiger partial charge in [0.25, 0.3) is 0 Å². The van der Waals surface area contributed by atoms with Crippen LogP contribution in [0.5, 0.6) is 0 Å². The number of ketones is 1. The Labute approximate surface area is 187 Å². The zero-order chi connectivity index (χ0) is 20.9. The molecule has 1 atom stereocenters. The van der Waals surface area contributed by atoms with E-state index in [1.54, 1.807) is 6.07 Å². The molecule has 0 saturated heterocycles. The maximum absolute atomic E-state index is 13.4. The van der Waals surface area contributed by atoms with Gasteiger partial charge >= 0.3 is 0 Å². The number of nitrogens with zero attached hydrogens (tertiary/aromatic N) is 2. The van der Waals surface area contributed by atoms with Crippen LogP contribution in [0.3, 0.4) is 0 Å². The molecule has 4 nitrogen and oxygen atoms in total. The molecule has 0 spiro atoms. The Hall–Kier alpha value is -2.07. The average molecular weight is 489 g/mol. The summed E-state index contributed by atoms with van der Waals surface area (Å²) in [6, 6.07) is 13.5. The standard InChI is InChI=1S/C22H19BrClN3OS/c1-22(2)9-15-20(16(28)10-22)19(17-6-7-18(23)29-17)14(11-25)21(26)27(15)13-5-3-4-12(24)8-13/h3-8,19H,9-10,26H2,1-2H3. The molecular weight excluding hydrogens is 470 g/mol. The van der Waals surface area contributed by atoms with Gasteiger partial charge in [-0.25, -0.2) is 0 Å². The molecule has 0 fully saturated rings. The lowest BCUT2D eigenvalue weighted by atomic mass is 9.69. The number of Topliss-reactive ketones (excluding diaryl/α,β-unsaturated/α-hetero) is 1. The lowest BCUT2D eigenvalue weighted by molar-refractivity contribution is -0.118. The second-order valence-corrected chi connectivity index (χ2v) is 11.0. The molecule has 148 valence electrons. The zero-order valence-electron chi connectivity index (χ0n) is 16.0. The van der Waals surface area contributed by atoms with Gasteiger partial charge in [-0.1, -0.05) is 31.5 Å². The van der Waals surface area contributed by atoms with Crippen LogP contribution in [0.15, 0.2) is 62.8 Å². The number of nitriles is 1. The van der Waals surface area contributed by atoms with E-state index in [2.05, 4.69) is 35.8 Å². The molecule has 7 heteroatoms. The van der Waals surface area contributed by atoms with Gasteiger partial charge in [-0.15, -0.1) is 11.3 Å². The van der Waals surface area contributed by atoms with Gasteiger partial charge in [-0.3, -0.25) is 9.69 Å². The SMILES string of the molecule is CC1(C)CC(=O)C2=C(C1)N(c1cccc(Cl)c1)C(N)=C(C#N)C2c1ccc(Br)s1. The normalized spacial score (nSPS) is 21.3. The van der Waals surface area contributed by atoms with Crippen molar-refractivity contribution in [2.24, 2.45) is 11.1 Å². The fourth-order valence-corrected chi connectivity index (χ4v) is 5.92. The molecule has 0 amide bonds. The van der Waals surface area contributed by atoms with Gasteiger partial charge in [0.1, 0.15) is 5.82 Å². The van der Waals surface area contributed by atoms with Crippen LogP contribution in [0, 0.1) is 16.7 Å². The largest absolute Gasteiger partial charge is 0.384 e. The molecule has 1 unspecified atom stereocenters. The van der Waals surface area contributed by atoms with E-state index in [1.807, 2.05) is 35.2 Å². The summed E-state index contributed by atoms with van der Waals surface area (Å²) in [4.78, 5) is 16.1. The van der Waals surface area contributed by atoms with Crippen molar-refractivity contribution in [2.45, 2.75) is 32.6 Å². The summed E-state index contributed by atoms with van der Waals surface area (Å²) in [6.45, 7) is 4.17. The summed E-state index contributed by atoms with van der Waals surface area (Å²) in [5, 5.41) is 10.6. The van der Waals surface area contributed by atoms with Crippen LogP contribution in [0.4, 0.5) is 5.69 Å². The second-order valence-electron chi connectivity index (χ2n) is 8.10. The zero-order valence-corrected chi connectivity index (χ0v) is 19.2. The third-order valence-corrected chi connectivity index (χ3v) is 7.25. The van der Waals surface area contributed by atoms with Crippen molar-refractivity contribution in [2.75, 3.05) is 4.90 Å². The molecule has 2 N–H and O–H groups in total. The quantitative estimate of drug-likeness (QED) is 0.554. The Kier molecular flexibility index (Phi) is 5.10. The number of thiophene rings is 1. The Balaban J connectivity index is 2.00. The van der Waals surface area contributed by atoms with Gasteiger partial charge in [0, 0.05) is 33.3 Å². The number of nitrogens with two attached hydrogens (primary N) is 1. The Bertz CT molecular complexity index is 1130. The number of carbonyl (C=O) groups excluding carboxylic acids is 1. The molecule has 1 aromatic carbocycles. The lowest BCUT2D eigenvalue weighted by Crippen LogP contribution is -2.42. The molecule has 0 radical (unpaired) electrons. The number of halogens is 2. The van der Waals surface area contributed by atoms with Crippen molar-refractivity contribution < 1.29 is 4.79 Å². The molecule has 0 bridgehead atoms. The summed E-state index contributed by atoms with van der Waals surface area (Å²) < 4.78 is 0.950. The van der Waals surface area contributed by atoms with Crippen LogP contribution >= 0.6 is 38.9 Å². The highest BCUT2D eigenvalue weighted by Crippen LogP contribution is 2.51. The summed E-state index contributed by atoms with van der Waals surface area (Å²) in [7, 11) is 0. The minimum Gasteiger partial charge on any atom is -0.384 e. The molecule has 2 aromatic rings. The maximum atomic E-state index is 13.4. The van der Waals surface area contributed by atoms with Crippen LogP contribution in [0.25, 0.3) is 0 Å². The third-order valence-electron chi connectivity index (χ3n) is 5.33. The van der Waals surface area contributed by atoms with Crippen LogP contribution in [0.1, 0.15) is 37.5 Å². The van der Waals surface area contributed by atoms with E-state index < -0.39 is 5.92 Å². The first-order valence-corrected chi connectivity index (χ1v) is 11.2. The summed E-state index contributed by atoms with van der Waals surface area (Å²) >= 11 is 11.3. The molecule has 2 heterocycles. The predicted octanol–water partition coefficient (Wildman–Crippen LogP) is 6.10. The van der Waals surface area contributed by atoms with Gasteiger partial charge in [-0.2, -0.15) is 5.26 Å². The first kappa shape index (κ1) is 20.2. The van der Waals surface area contributed by atoms with Crippen LogP contribution in [-0.2, 0) is 4.79 Å². The number of anilines is 1. The summed E-state index contributed by atoms with van der Waals surface area (Å²) in [5.41, 5.74) is 9.06. The molecule has 1 aliphatic carbocycles. The minimum atomic E-state index is -0.440. The number of carbonyl (C=O) groups is 1. The highest BCUT2D eigenvalue weighted by Gasteiger charge is 2.45. The number of hydrogen-bond acceptors (Lipinski definition) is 5. The van der Waals surface area contributed by atoms with Crippen molar-refractivity contribution in [3.05, 3.63) is 72.7 Å². The molecule has 0 saturated carbocycles.